The molecule has 1 aliphatic rings. The number of nitrogens with zero attached hydrogens (tertiary/aromatic N) is 3. The van der Waals surface area contributed by atoms with Crippen molar-refractivity contribution in [2.45, 2.75) is 51.6 Å². The monoisotopic (exact) mass is 341 g/mol. The Labute approximate surface area is 149 Å². The third-order valence-corrected chi connectivity index (χ3v) is 4.46. The van der Waals surface area contributed by atoms with E-state index < -0.39 is 0 Å². The van der Waals surface area contributed by atoms with Gasteiger partial charge in [0.15, 0.2) is 5.69 Å². The number of carbonyl (C=O) groups excluding carboxylic acids is 1. The molecular weight excluding hydrogens is 314 g/mol. The minimum absolute atomic E-state index is 0.0615. The van der Waals surface area contributed by atoms with Crippen LogP contribution in [0.3, 0.4) is 0 Å². The summed E-state index contributed by atoms with van der Waals surface area (Å²) >= 11 is 0. The van der Waals surface area contributed by atoms with E-state index in [2.05, 4.69) is 25.9 Å². The number of amides is 1. The van der Waals surface area contributed by atoms with Gasteiger partial charge in [-0.1, -0.05) is 30.3 Å². The molecule has 25 heavy (non-hydrogen) atoms. The fraction of sp³-hybridized carbons (Fsp3) is 0.500. The molecule has 134 valence electrons. The van der Waals surface area contributed by atoms with Gasteiger partial charge in [-0.25, -0.2) is 0 Å². The molecule has 0 bridgehead atoms. The standard InChI is InChI=1S/C20H27N3O2/c1-20(2,3)23-18(16-9-10-16)13-17(21-23)19(25)22(11-12-24)14-15-7-5-4-6-8-15/h4-8,13,16,24H,9-12,14H2,1-3H3. The molecule has 0 saturated heterocycles. The Balaban J connectivity index is 1.86. The highest BCUT2D eigenvalue weighted by Crippen LogP contribution is 2.41. The van der Waals surface area contributed by atoms with E-state index in [4.69, 9.17) is 0 Å². The lowest BCUT2D eigenvalue weighted by Gasteiger charge is -2.23. The Morgan fingerprint density at radius 2 is 1.96 bits per heavy atom. The molecular formula is C20H27N3O2. The van der Waals surface area contributed by atoms with E-state index in [-0.39, 0.29) is 18.1 Å². The Kier molecular flexibility index (Phi) is 4.95. The second-order valence-electron chi connectivity index (χ2n) is 7.75. The van der Waals surface area contributed by atoms with Crippen LogP contribution in [0.5, 0.6) is 0 Å². The molecule has 0 spiro atoms. The minimum atomic E-state index is -0.155. The Morgan fingerprint density at radius 1 is 1.28 bits per heavy atom. The van der Waals surface area contributed by atoms with Crippen molar-refractivity contribution in [2.24, 2.45) is 0 Å². The smallest absolute Gasteiger partial charge is 0.274 e. The van der Waals surface area contributed by atoms with Crippen LogP contribution in [0.1, 0.15) is 61.3 Å². The predicted octanol–water partition coefficient (Wildman–Crippen LogP) is 3.15. The molecule has 1 aromatic heterocycles. The fourth-order valence-electron chi connectivity index (χ4n) is 3.05. The first kappa shape index (κ1) is 17.7. The van der Waals surface area contributed by atoms with Crippen LogP contribution in [0.4, 0.5) is 0 Å². The highest BCUT2D eigenvalue weighted by molar-refractivity contribution is 5.92. The molecule has 0 unspecified atom stereocenters. The number of benzene rings is 1. The summed E-state index contributed by atoms with van der Waals surface area (Å²) < 4.78 is 2.00. The Bertz CT molecular complexity index is 727. The molecule has 1 aliphatic carbocycles. The van der Waals surface area contributed by atoms with Gasteiger partial charge < -0.3 is 10.0 Å². The summed E-state index contributed by atoms with van der Waals surface area (Å²) in [5.74, 6) is 0.400. The molecule has 1 aromatic carbocycles. The van der Waals surface area contributed by atoms with Gasteiger partial charge in [0.25, 0.3) is 5.91 Å². The topological polar surface area (TPSA) is 58.4 Å². The van der Waals surface area contributed by atoms with E-state index in [1.807, 2.05) is 41.1 Å². The van der Waals surface area contributed by atoms with Gasteiger partial charge in [-0.3, -0.25) is 9.48 Å². The van der Waals surface area contributed by atoms with E-state index in [0.717, 1.165) is 11.3 Å². The van der Waals surface area contributed by atoms with Gasteiger partial charge >= 0.3 is 0 Å². The number of aliphatic hydroxyl groups is 1. The van der Waals surface area contributed by atoms with Gasteiger partial charge in [-0.15, -0.1) is 0 Å². The first-order valence-electron chi connectivity index (χ1n) is 8.94. The zero-order chi connectivity index (χ0) is 18.0. The van der Waals surface area contributed by atoms with Crippen molar-refractivity contribution in [3.8, 4) is 0 Å². The van der Waals surface area contributed by atoms with Crippen LogP contribution in [-0.2, 0) is 12.1 Å². The maximum Gasteiger partial charge on any atom is 0.274 e. The maximum atomic E-state index is 13.0. The van der Waals surface area contributed by atoms with Crippen molar-refractivity contribution >= 4 is 5.91 Å². The molecule has 0 atom stereocenters. The molecule has 2 aromatic rings. The summed E-state index contributed by atoms with van der Waals surface area (Å²) in [5.41, 5.74) is 2.51. The molecule has 0 radical (unpaired) electrons. The van der Waals surface area contributed by atoms with Crippen molar-refractivity contribution in [3.05, 3.63) is 53.3 Å². The van der Waals surface area contributed by atoms with Crippen LogP contribution < -0.4 is 0 Å². The normalized spacial score (nSPS) is 14.6. The van der Waals surface area contributed by atoms with Gasteiger partial charge in [0.1, 0.15) is 0 Å². The van der Waals surface area contributed by atoms with E-state index in [0.29, 0.717) is 24.7 Å². The summed E-state index contributed by atoms with van der Waals surface area (Å²) in [6.07, 6.45) is 2.33. The van der Waals surface area contributed by atoms with E-state index in [1.54, 1.807) is 4.90 Å². The molecule has 1 amide bonds. The van der Waals surface area contributed by atoms with E-state index in [9.17, 15) is 9.90 Å². The first-order chi connectivity index (χ1) is 11.9. The first-order valence-corrected chi connectivity index (χ1v) is 8.94. The molecule has 1 heterocycles. The van der Waals surface area contributed by atoms with Gasteiger partial charge in [-0.2, -0.15) is 5.10 Å². The van der Waals surface area contributed by atoms with Crippen molar-refractivity contribution < 1.29 is 9.90 Å². The highest BCUT2D eigenvalue weighted by atomic mass is 16.3. The summed E-state index contributed by atoms with van der Waals surface area (Å²) in [7, 11) is 0. The van der Waals surface area contributed by atoms with Crippen LogP contribution >= 0.6 is 0 Å². The molecule has 1 saturated carbocycles. The van der Waals surface area contributed by atoms with Gasteiger partial charge in [0.05, 0.1) is 12.1 Å². The van der Waals surface area contributed by atoms with Crippen molar-refractivity contribution in [1.29, 1.82) is 0 Å². The second-order valence-corrected chi connectivity index (χ2v) is 7.75. The minimum Gasteiger partial charge on any atom is -0.395 e. The third kappa shape index (κ3) is 4.10. The quantitative estimate of drug-likeness (QED) is 0.878. The number of hydrogen-bond acceptors (Lipinski definition) is 3. The molecule has 3 rings (SSSR count). The predicted molar refractivity (Wildman–Crippen MR) is 97.5 cm³/mol. The van der Waals surface area contributed by atoms with Crippen LogP contribution in [0.2, 0.25) is 0 Å². The van der Waals surface area contributed by atoms with E-state index in [1.165, 1.54) is 12.8 Å². The zero-order valence-electron chi connectivity index (χ0n) is 15.3. The Hall–Kier alpha value is -2.14. The number of hydrogen-bond donors (Lipinski definition) is 1. The van der Waals surface area contributed by atoms with Crippen LogP contribution in [0.15, 0.2) is 36.4 Å². The fourth-order valence-corrected chi connectivity index (χ4v) is 3.05. The molecule has 0 aliphatic heterocycles. The van der Waals surface area contributed by atoms with Crippen molar-refractivity contribution in [1.82, 2.24) is 14.7 Å². The van der Waals surface area contributed by atoms with Crippen molar-refractivity contribution in [3.63, 3.8) is 0 Å². The highest BCUT2D eigenvalue weighted by Gasteiger charge is 2.33. The van der Waals surface area contributed by atoms with Gasteiger partial charge in [-0.05, 0) is 45.2 Å². The molecule has 1 fully saturated rings. The Morgan fingerprint density at radius 3 is 2.52 bits per heavy atom. The van der Waals surface area contributed by atoms with Crippen molar-refractivity contribution in [2.75, 3.05) is 13.2 Å². The maximum absolute atomic E-state index is 13.0. The average Bonchev–Trinajstić information content (AvgIpc) is 3.32. The number of rotatable bonds is 6. The third-order valence-electron chi connectivity index (χ3n) is 4.46. The average molecular weight is 341 g/mol. The lowest BCUT2D eigenvalue weighted by atomic mass is 10.1. The zero-order valence-corrected chi connectivity index (χ0v) is 15.3. The van der Waals surface area contributed by atoms with Gasteiger partial charge in [0.2, 0.25) is 0 Å². The van der Waals surface area contributed by atoms with Gasteiger partial charge in [0, 0.05) is 24.7 Å². The SMILES string of the molecule is CC(C)(C)n1nc(C(=O)N(CCO)Cc2ccccc2)cc1C1CC1. The summed E-state index contributed by atoms with van der Waals surface area (Å²) in [4.78, 5) is 14.7. The largest absolute Gasteiger partial charge is 0.395 e. The van der Waals surface area contributed by atoms with Crippen LogP contribution in [-0.4, -0.2) is 38.8 Å². The molecule has 5 nitrogen and oxygen atoms in total. The summed E-state index contributed by atoms with van der Waals surface area (Å²) in [6, 6.07) is 11.8. The molecule has 1 N–H and O–H groups in total. The second kappa shape index (κ2) is 7.00. The number of aliphatic hydroxyl groups excluding tert-OH is 1. The van der Waals surface area contributed by atoms with E-state index >= 15 is 0 Å². The number of aromatic nitrogens is 2. The number of carbonyl (C=O) groups is 1. The van der Waals surface area contributed by atoms with Crippen LogP contribution in [0, 0.1) is 0 Å². The lowest BCUT2D eigenvalue weighted by Crippen LogP contribution is -2.34. The molecule has 5 heteroatoms. The summed E-state index contributed by atoms with van der Waals surface area (Å²) in [6.45, 7) is 7.03. The van der Waals surface area contributed by atoms with Crippen LogP contribution in [0.25, 0.3) is 0 Å². The lowest BCUT2D eigenvalue weighted by molar-refractivity contribution is 0.0700. The summed E-state index contributed by atoms with van der Waals surface area (Å²) in [5, 5.41) is 14.0.